The summed E-state index contributed by atoms with van der Waals surface area (Å²) in [5.41, 5.74) is 1.44. The Labute approximate surface area is 156 Å². The van der Waals surface area contributed by atoms with Crippen molar-refractivity contribution in [3.8, 4) is 17.2 Å². The van der Waals surface area contributed by atoms with Crippen LogP contribution in [0.15, 0.2) is 36.4 Å². The second kappa shape index (κ2) is 7.94. The summed E-state index contributed by atoms with van der Waals surface area (Å²) in [5, 5.41) is 10.9. The molecule has 142 valence electrons. The number of carbonyl (C=O) groups excluding carboxylic acids is 1. The van der Waals surface area contributed by atoms with Gasteiger partial charge in [0.15, 0.2) is 18.1 Å². The van der Waals surface area contributed by atoms with Crippen LogP contribution < -0.4 is 14.2 Å². The summed E-state index contributed by atoms with van der Waals surface area (Å²) in [6, 6.07) is 10.0. The van der Waals surface area contributed by atoms with E-state index < -0.39 is 4.92 Å². The van der Waals surface area contributed by atoms with Crippen molar-refractivity contribution in [2.24, 2.45) is 0 Å². The molecule has 1 aliphatic heterocycles. The number of carbonyl (C=O) groups is 1. The molecule has 0 saturated heterocycles. The highest BCUT2D eigenvalue weighted by Crippen LogP contribution is 2.32. The standard InChI is InChI=1S/C19H20N2O6/c1-3-20(10-14-4-7-17-18(9-14)27-12-26-17)19(22)11-25-15-5-6-16(21(23)24)13(2)8-15/h4-9H,3,10-12H2,1-2H3. The van der Waals surface area contributed by atoms with E-state index in [0.717, 1.165) is 5.56 Å². The van der Waals surface area contributed by atoms with Gasteiger partial charge in [-0.2, -0.15) is 0 Å². The molecule has 8 heteroatoms. The number of nitrogens with zero attached hydrogens (tertiary/aromatic N) is 2. The molecule has 8 nitrogen and oxygen atoms in total. The number of amides is 1. The Kier molecular flexibility index (Phi) is 5.44. The normalized spacial score (nSPS) is 11.9. The van der Waals surface area contributed by atoms with Crippen molar-refractivity contribution >= 4 is 11.6 Å². The third-order valence-electron chi connectivity index (χ3n) is 4.27. The van der Waals surface area contributed by atoms with E-state index in [0.29, 0.717) is 35.9 Å². The Hall–Kier alpha value is -3.29. The van der Waals surface area contributed by atoms with Crippen molar-refractivity contribution in [3.63, 3.8) is 0 Å². The van der Waals surface area contributed by atoms with Crippen LogP contribution in [-0.4, -0.2) is 35.7 Å². The average molecular weight is 372 g/mol. The predicted octanol–water partition coefficient (Wildman–Crippen LogP) is 3.06. The molecule has 0 saturated carbocycles. The highest BCUT2D eigenvalue weighted by Gasteiger charge is 2.17. The molecule has 27 heavy (non-hydrogen) atoms. The van der Waals surface area contributed by atoms with E-state index in [1.807, 2.05) is 25.1 Å². The van der Waals surface area contributed by atoms with Gasteiger partial charge in [-0.1, -0.05) is 6.07 Å². The van der Waals surface area contributed by atoms with Gasteiger partial charge in [-0.3, -0.25) is 14.9 Å². The highest BCUT2D eigenvalue weighted by molar-refractivity contribution is 5.77. The second-order valence-corrected chi connectivity index (χ2v) is 6.09. The van der Waals surface area contributed by atoms with Gasteiger partial charge in [0.25, 0.3) is 11.6 Å². The van der Waals surface area contributed by atoms with Crippen molar-refractivity contribution in [1.29, 1.82) is 0 Å². The fraction of sp³-hybridized carbons (Fsp3) is 0.316. The molecule has 0 spiro atoms. The van der Waals surface area contributed by atoms with Gasteiger partial charge >= 0.3 is 0 Å². The number of likely N-dealkylation sites (N-methyl/N-ethyl adjacent to an activating group) is 1. The first kappa shape index (κ1) is 18.5. The number of benzene rings is 2. The molecule has 1 aliphatic rings. The van der Waals surface area contributed by atoms with Gasteiger partial charge in [-0.05, 0) is 43.7 Å². The lowest BCUT2D eigenvalue weighted by molar-refractivity contribution is -0.385. The van der Waals surface area contributed by atoms with Crippen LogP contribution in [-0.2, 0) is 11.3 Å². The zero-order valence-electron chi connectivity index (χ0n) is 15.1. The summed E-state index contributed by atoms with van der Waals surface area (Å²) in [4.78, 5) is 24.6. The second-order valence-electron chi connectivity index (χ2n) is 6.09. The van der Waals surface area contributed by atoms with Crippen LogP contribution in [0.5, 0.6) is 17.2 Å². The van der Waals surface area contributed by atoms with Crippen LogP contribution in [0.1, 0.15) is 18.1 Å². The van der Waals surface area contributed by atoms with Gasteiger partial charge in [0, 0.05) is 24.7 Å². The minimum absolute atomic E-state index is 0.0201. The van der Waals surface area contributed by atoms with Crippen molar-refractivity contribution in [2.45, 2.75) is 20.4 Å². The molecule has 0 N–H and O–H groups in total. The lowest BCUT2D eigenvalue weighted by atomic mass is 10.2. The SMILES string of the molecule is CCN(Cc1ccc2c(c1)OCO2)C(=O)COc1ccc([N+](=O)[O-])c(C)c1. The maximum atomic E-state index is 12.5. The molecule has 3 rings (SSSR count). The first-order valence-corrected chi connectivity index (χ1v) is 8.52. The molecule has 1 heterocycles. The maximum absolute atomic E-state index is 12.5. The van der Waals surface area contributed by atoms with Gasteiger partial charge in [-0.25, -0.2) is 0 Å². The quantitative estimate of drug-likeness (QED) is 0.548. The van der Waals surface area contributed by atoms with Crippen molar-refractivity contribution in [1.82, 2.24) is 4.90 Å². The van der Waals surface area contributed by atoms with Gasteiger partial charge < -0.3 is 19.1 Å². The summed E-state index contributed by atoms with van der Waals surface area (Å²) in [6.45, 7) is 4.53. The summed E-state index contributed by atoms with van der Waals surface area (Å²) < 4.78 is 16.2. The minimum Gasteiger partial charge on any atom is -0.484 e. The molecule has 0 fully saturated rings. The van der Waals surface area contributed by atoms with Gasteiger partial charge in [-0.15, -0.1) is 0 Å². The number of nitro groups is 1. The Morgan fingerprint density at radius 3 is 2.70 bits per heavy atom. The van der Waals surface area contributed by atoms with E-state index in [9.17, 15) is 14.9 Å². The Morgan fingerprint density at radius 1 is 1.22 bits per heavy atom. The Morgan fingerprint density at radius 2 is 2.00 bits per heavy atom. The monoisotopic (exact) mass is 372 g/mol. The first-order valence-electron chi connectivity index (χ1n) is 8.52. The van der Waals surface area contributed by atoms with Crippen molar-refractivity contribution in [2.75, 3.05) is 19.9 Å². The number of hydrogen-bond acceptors (Lipinski definition) is 6. The number of hydrogen-bond donors (Lipinski definition) is 0. The molecule has 1 amide bonds. The summed E-state index contributed by atoms with van der Waals surface area (Å²) >= 11 is 0. The zero-order valence-corrected chi connectivity index (χ0v) is 15.1. The number of aryl methyl sites for hydroxylation is 1. The average Bonchev–Trinajstić information content (AvgIpc) is 3.11. The molecule has 0 aromatic heterocycles. The van der Waals surface area contributed by atoms with Crippen molar-refractivity contribution < 1.29 is 23.9 Å². The first-order chi connectivity index (χ1) is 13.0. The number of rotatable bonds is 7. The third-order valence-corrected chi connectivity index (χ3v) is 4.27. The van der Waals surface area contributed by atoms with Crippen LogP contribution >= 0.6 is 0 Å². The smallest absolute Gasteiger partial charge is 0.272 e. The molecular weight excluding hydrogens is 352 g/mol. The maximum Gasteiger partial charge on any atom is 0.272 e. The lowest BCUT2D eigenvalue weighted by Gasteiger charge is -2.21. The highest BCUT2D eigenvalue weighted by atomic mass is 16.7. The van der Waals surface area contributed by atoms with E-state index in [2.05, 4.69) is 0 Å². The minimum atomic E-state index is -0.450. The molecule has 0 bridgehead atoms. The zero-order chi connectivity index (χ0) is 19.4. The summed E-state index contributed by atoms with van der Waals surface area (Å²) in [7, 11) is 0. The number of fused-ring (bicyclic) bond motifs is 1. The van der Waals surface area contributed by atoms with E-state index in [1.165, 1.54) is 12.1 Å². The molecule has 0 aliphatic carbocycles. The Bertz CT molecular complexity index is 867. The van der Waals surface area contributed by atoms with E-state index in [1.54, 1.807) is 17.9 Å². The topological polar surface area (TPSA) is 91.1 Å². The lowest BCUT2D eigenvalue weighted by Crippen LogP contribution is -2.34. The van der Waals surface area contributed by atoms with Gasteiger partial charge in [0.2, 0.25) is 6.79 Å². The largest absolute Gasteiger partial charge is 0.484 e. The van der Waals surface area contributed by atoms with Crippen molar-refractivity contribution in [3.05, 3.63) is 57.6 Å². The van der Waals surface area contributed by atoms with Gasteiger partial charge in [0.05, 0.1) is 4.92 Å². The molecule has 0 radical (unpaired) electrons. The van der Waals surface area contributed by atoms with Gasteiger partial charge in [0.1, 0.15) is 5.75 Å². The van der Waals surface area contributed by atoms with E-state index in [-0.39, 0.29) is 25.0 Å². The fourth-order valence-electron chi connectivity index (χ4n) is 2.79. The number of nitro benzene ring substituents is 1. The van der Waals surface area contributed by atoms with Crippen LogP contribution in [0.25, 0.3) is 0 Å². The predicted molar refractivity (Wildman–Crippen MR) is 97.0 cm³/mol. The third kappa shape index (κ3) is 4.28. The molecule has 0 atom stereocenters. The summed E-state index contributed by atoms with van der Waals surface area (Å²) in [6.07, 6.45) is 0. The van der Waals surface area contributed by atoms with Crippen LogP contribution in [0.2, 0.25) is 0 Å². The van der Waals surface area contributed by atoms with Crippen LogP contribution in [0, 0.1) is 17.0 Å². The van der Waals surface area contributed by atoms with Crippen LogP contribution in [0.4, 0.5) is 5.69 Å². The van der Waals surface area contributed by atoms with Crippen LogP contribution in [0.3, 0.4) is 0 Å². The number of ether oxygens (including phenoxy) is 3. The molecule has 2 aromatic rings. The Balaban J connectivity index is 1.60. The van der Waals surface area contributed by atoms with E-state index in [4.69, 9.17) is 14.2 Å². The molecule has 2 aromatic carbocycles. The van der Waals surface area contributed by atoms with E-state index >= 15 is 0 Å². The molecular formula is C19H20N2O6. The summed E-state index contributed by atoms with van der Waals surface area (Å²) in [5.74, 6) is 1.62. The fourth-order valence-corrected chi connectivity index (χ4v) is 2.79. The molecule has 0 unspecified atom stereocenters.